The zero-order chi connectivity index (χ0) is 19.6. The molecule has 2 heterocycles. The maximum Gasteiger partial charge on any atom is 0.282 e. The Bertz CT molecular complexity index is 1240. The lowest BCUT2D eigenvalue weighted by Crippen LogP contribution is -2.18. The monoisotopic (exact) mass is 401 g/mol. The Morgan fingerprint density at radius 1 is 1.00 bits per heavy atom. The first-order valence-electron chi connectivity index (χ1n) is 9.67. The van der Waals surface area contributed by atoms with Crippen molar-refractivity contribution < 1.29 is 4.74 Å². The van der Waals surface area contributed by atoms with E-state index in [1.807, 2.05) is 54.6 Å². The molecule has 0 saturated carbocycles. The smallest absolute Gasteiger partial charge is 0.282 e. The Morgan fingerprint density at radius 2 is 1.76 bits per heavy atom. The summed E-state index contributed by atoms with van der Waals surface area (Å²) < 4.78 is 7.13. The molecule has 0 unspecified atom stereocenters. The van der Waals surface area contributed by atoms with Gasteiger partial charge in [-0.25, -0.2) is 4.98 Å². The number of ether oxygens (including phenoxy) is 1. The second-order valence-electron chi connectivity index (χ2n) is 7.01. The summed E-state index contributed by atoms with van der Waals surface area (Å²) in [5, 5.41) is 5.10. The van der Waals surface area contributed by atoms with E-state index in [1.165, 1.54) is 27.9 Å². The Labute approximate surface area is 171 Å². The predicted octanol–water partition coefficient (Wildman–Crippen LogP) is 5.01. The molecule has 0 saturated heterocycles. The van der Waals surface area contributed by atoms with Gasteiger partial charge in [-0.05, 0) is 73.2 Å². The standard InChI is InChI=1S/C23H19N3O2S/c27-23-21-19-8-4-5-9-20(19)29-22(21)24-15-26(23)25-14-16-10-12-18(13-11-16)28-17-6-2-1-3-7-17/h1-3,6-7,10-15H,4-5,8-9H2. The quantitative estimate of drug-likeness (QED) is 0.452. The fraction of sp³-hybridized carbons (Fsp3) is 0.174. The highest BCUT2D eigenvalue weighted by atomic mass is 32.1. The summed E-state index contributed by atoms with van der Waals surface area (Å²) in [7, 11) is 0. The topological polar surface area (TPSA) is 56.5 Å². The molecule has 2 aromatic carbocycles. The number of thiophene rings is 1. The number of nitrogens with zero attached hydrogens (tertiary/aromatic N) is 3. The van der Waals surface area contributed by atoms with Crippen LogP contribution >= 0.6 is 11.3 Å². The molecule has 0 atom stereocenters. The SMILES string of the molecule is O=c1c2c3c(sc2ncn1N=Cc1ccc(Oc2ccccc2)cc1)CCCC3. The van der Waals surface area contributed by atoms with Crippen molar-refractivity contribution in [1.29, 1.82) is 0 Å². The van der Waals surface area contributed by atoms with Crippen molar-refractivity contribution in [3.63, 3.8) is 0 Å². The first-order valence-corrected chi connectivity index (χ1v) is 10.5. The molecular formula is C23H19N3O2S. The number of hydrogen-bond donors (Lipinski definition) is 0. The Morgan fingerprint density at radius 3 is 2.59 bits per heavy atom. The van der Waals surface area contributed by atoms with Crippen LogP contribution in [0.2, 0.25) is 0 Å². The summed E-state index contributed by atoms with van der Waals surface area (Å²) in [6, 6.07) is 17.2. The van der Waals surface area contributed by atoms with Gasteiger partial charge in [-0.2, -0.15) is 9.78 Å². The fourth-order valence-electron chi connectivity index (χ4n) is 3.59. The van der Waals surface area contributed by atoms with Gasteiger partial charge in [0.05, 0.1) is 11.6 Å². The highest BCUT2D eigenvalue weighted by Crippen LogP contribution is 2.33. The Balaban J connectivity index is 1.39. The molecule has 5 nitrogen and oxygen atoms in total. The lowest BCUT2D eigenvalue weighted by molar-refractivity contribution is 0.482. The summed E-state index contributed by atoms with van der Waals surface area (Å²) in [5.74, 6) is 1.54. The number of aryl methyl sites for hydroxylation is 2. The number of hydrogen-bond acceptors (Lipinski definition) is 5. The summed E-state index contributed by atoms with van der Waals surface area (Å²) in [5.41, 5.74) is 1.97. The highest BCUT2D eigenvalue weighted by Gasteiger charge is 2.19. The van der Waals surface area contributed by atoms with Crippen molar-refractivity contribution in [3.8, 4) is 11.5 Å². The predicted molar refractivity (Wildman–Crippen MR) is 116 cm³/mol. The third-order valence-corrected chi connectivity index (χ3v) is 6.25. The number of fused-ring (bicyclic) bond motifs is 3. The van der Waals surface area contributed by atoms with Crippen LogP contribution in [0.5, 0.6) is 11.5 Å². The van der Waals surface area contributed by atoms with Gasteiger partial charge in [-0.1, -0.05) is 18.2 Å². The molecule has 0 amide bonds. The molecule has 4 aromatic rings. The molecule has 0 spiro atoms. The third-order valence-electron chi connectivity index (χ3n) is 5.05. The summed E-state index contributed by atoms with van der Waals surface area (Å²) in [4.78, 5) is 19.5. The van der Waals surface area contributed by atoms with Gasteiger partial charge < -0.3 is 4.74 Å². The van der Waals surface area contributed by atoms with Gasteiger partial charge in [-0.15, -0.1) is 11.3 Å². The lowest BCUT2D eigenvalue weighted by Gasteiger charge is -2.09. The first-order chi connectivity index (χ1) is 14.3. The summed E-state index contributed by atoms with van der Waals surface area (Å²) in [6.45, 7) is 0. The van der Waals surface area contributed by atoms with Gasteiger partial charge in [0.2, 0.25) is 0 Å². The van der Waals surface area contributed by atoms with Crippen LogP contribution in [-0.4, -0.2) is 15.9 Å². The van der Waals surface area contributed by atoms with E-state index in [2.05, 4.69) is 10.1 Å². The lowest BCUT2D eigenvalue weighted by atomic mass is 9.97. The van der Waals surface area contributed by atoms with Crippen molar-refractivity contribution in [2.75, 3.05) is 0 Å². The van der Waals surface area contributed by atoms with Crippen LogP contribution < -0.4 is 10.3 Å². The molecule has 0 aliphatic heterocycles. The van der Waals surface area contributed by atoms with E-state index in [1.54, 1.807) is 17.6 Å². The number of rotatable bonds is 4. The number of aromatic nitrogens is 2. The van der Waals surface area contributed by atoms with Crippen LogP contribution in [0.15, 0.2) is 70.8 Å². The number of benzene rings is 2. The zero-order valence-electron chi connectivity index (χ0n) is 15.7. The van der Waals surface area contributed by atoms with E-state index in [9.17, 15) is 4.79 Å². The van der Waals surface area contributed by atoms with E-state index in [0.717, 1.165) is 46.5 Å². The van der Waals surface area contributed by atoms with Crippen molar-refractivity contribution in [2.24, 2.45) is 5.10 Å². The molecule has 29 heavy (non-hydrogen) atoms. The second kappa shape index (κ2) is 7.64. The van der Waals surface area contributed by atoms with Crippen LogP contribution in [0.4, 0.5) is 0 Å². The molecule has 1 aliphatic carbocycles. The molecule has 6 heteroatoms. The molecular weight excluding hydrogens is 382 g/mol. The average molecular weight is 401 g/mol. The molecule has 1 aliphatic rings. The van der Waals surface area contributed by atoms with Gasteiger partial charge in [0.15, 0.2) is 0 Å². The Kier molecular flexibility index (Phi) is 4.69. The average Bonchev–Trinajstić information content (AvgIpc) is 3.14. The largest absolute Gasteiger partial charge is 0.457 e. The summed E-state index contributed by atoms with van der Waals surface area (Å²) >= 11 is 1.65. The molecule has 0 fully saturated rings. The van der Waals surface area contributed by atoms with Crippen molar-refractivity contribution >= 4 is 27.8 Å². The molecule has 144 valence electrons. The Hall–Kier alpha value is -3.25. The van der Waals surface area contributed by atoms with Crippen molar-refractivity contribution in [1.82, 2.24) is 9.66 Å². The second-order valence-corrected chi connectivity index (χ2v) is 8.10. The molecule has 0 N–H and O–H groups in total. The molecule has 2 aromatic heterocycles. The normalized spacial score (nSPS) is 13.7. The molecule has 0 radical (unpaired) electrons. The summed E-state index contributed by atoms with van der Waals surface area (Å²) in [6.07, 6.45) is 7.51. The highest BCUT2D eigenvalue weighted by molar-refractivity contribution is 7.18. The van der Waals surface area contributed by atoms with Crippen LogP contribution in [0, 0.1) is 0 Å². The van der Waals surface area contributed by atoms with E-state index in [4.69, 9.17) is 4.74 Å². The first kappa shape index (κ1) is 17.8. The van der Waals surface area contributed by atoms with Gasteiger partial charge in [0, 0.05) is 4.88 Å². The zero-order valence-corrected chi connectivity index (χ0v) is 16.6. The number of para-hydroxylation sites is 1. The fourth-order valence-corrected chi connectivity index (χ4v) is 4.81. The third kappa shape index (κ3) is 3.59. The molecule has 0 bridgehead atoms. The molecule has 5 rings (SSSR count). The van der Waals surface area contributed by atoms with Gasteiger partial charge in [-0.3, -0.25) is 4.79 Å². The maximum absolute atomic E-state index is 12.9. The van der Waals surface area contributed by atoms with Crippen molar-refractivity contribution in [2.45, 2.75) is 25.7 Å². The van der Waals surface area contributed by atoms with Gasteiger partial charge in [0.25, 0.3) is 5.56 Å². The van der Waals surface area contributed by atoms with Gasteiger partial charge in [0.1, 0.15) is 22.7 Å². The van der Waals surface area contributed by atoms with Crippen LogP contribution in [0.1, 0.15) is 28.8 Å². The minimum absolute atomic E-state index is 0.0883. The van der Waals surface area contributed by atoms with E-state index in [0.29, 0.717) is 0 Å². The van der Waals surface area contributed by atoms with Crippen LogP contribution in [0.25, 0.3) is 10.2 Å². The van der Waals surface area contributed by atoms with Crippen LogP contribution in [-0.2, 0) is 12.8 Å². The van der Waals surface area contributed by atoms with E-state index in [-0.39, 0.29) is 5.56 Å². The van der Waals surface area contributed by atoms with Crippen molar-refractivity contribution in [3.05, 3.63) is 87.3 Å². The van der Waals surface area contributed by atoms with Crippen LogP contribution in [0.3, 0.4) is 0 Å². The van der Waals surface area contributed by atoms with E-state index >= 15 is 0 Å². The maximum atomic E-state index is 12.9. The van der Waals surface area contributed by atoms with Gasteiger partial charge >= 0.3 is 0 Å². The minimum Gasteiger partial charge on any atom is -0.457 e. The minimum atomic E-state index is -0.0883. The van der Waals surface area contributed by atoms with E-state index < -0.39 is 0 Å².